The molecule has 0 aromatic carbocycles. The second-order valence-electron chi connectivity index (χ2n) is 3.45. The molecule has 0 amide bonds. The van der Waals surface area contributed by atoms with Crippen LogP contribution in [0, 0.1) is 0 Å². The molecular weight excluding hydrogens is 232 g/mol. The van der Waals surface area contributed by atoms with E-state index in [1.165, 1.54) is 0 Å². The summed E-state index contributed by atoms with van der Waals surface area (Å²) >= 11 is 0. The summed E-state index contributed by atoms with van der Waals surface area (Å²) in [5.74, 6) is -1.34. The molecule has 0 aliphatic heterocycles. The van der Waals surface area contributed by atoms with Crippen molar-refractivity contribution >= 4 is 16.0 Å². The van der Waals surface area contributed by atoms with Crippen molar-refractivity contribution in [3.63, 3.8) is 0 Å². The van der Waals surface area contributed by atoms with Crippen molar-refractivity contribution in [3.8, 4) is 0 Å². The Morgan fingerprint density at radius 3 is 2.25 bits per heavy atom. The first kappa shape index (κ1) is 15.3. The first-order valence-corrected chi connectivity index (χ1v) is 6.83. The number of carboxylic acids is 1. The largest absolute Gasteiger partial charge is 0.480 e. The molecule has 0 aliphatic carbocycles. The van der Waals surface area contributed by atoms with E-state index in [9.17, 15) is 13.2 Å². The predicted molar refractivity (Wildman–Crippen MR) is 61.8 cm³/mol. The van der Waals surface area contributed by atoms with Crippen molar-refractivity contribution in [1.29, 1.82) is 0 Å². The van der Waals surface area contributed by atoms with Gasteiger partial charge >= 0.3 is 5.97 Å². The fraction of sp³-hybridized carbons (Fsp3) is 0.889. The summed E-state index contributed by atoms with van der Waals surface area (Å²) < 4.78 is 25.1. The van der Waals surface area contributed by atoms with Gasteiger partial charge in [-0.15, -0.1) is 0 Å². The maximum Gasteiger partial charge on any atom is 0.323 e. The van der Waals surface area contributed by atoms with E-state index in [4.69, 9.17) is 5.11 Å². The van der Waals surface area contributed by atoms with Gasteiger partial charge in [-0.25, -0.2) is 13.1 Å². The number of rotatable bonds is 8. The van der Waals surface area contributed by atoms with Crippen molar-refractivity contribution in [3.05, 3.63) is 0 Å². The van der Waals surface area contributed by atoms with E-state index in [0.29, 0.717) is 6.54 Å². The van der Waals surface area contributed by atoms with Crippen LogP contribution in [-0.4, -0.2) is 55.8 Å². The van der Waals surface area contributed by atoms with Crippen LogP contribution in [0.4, 0.5) is 0 Å². The highest BCUT2D eigenvalue weighted by Gasteiger charge is 2.26. The zero-order chi connectivity index (χ0) is 12.8. The monoisotopic (exact) mass is 252 g/mol. The first-order valence-electron chi connectivity index (χ1n) is 5.28. The first-order chi connectivity index (χ1) is 7.35. The summed E-state index contributed by atoms with van der Waals surface area (Å²) in [5, 5.41) is 7.18. The zero-order valence-corrected chi connectivity index (χ0v) is 10.7. The summed E-state index contributed by atoms with van der Waals surface area (Å²) in [6, 6.07) is 0. The molecule has 0 aromatic heterocycles. The number of nitrogens with one attached hydrogen (secondary N) is 1. The Morgan fingerprint density at radius 2 is 1.88 bits per heavy atom. The molecule has 2 N–H and O–H groups in total. The predicted octanol–water partition coefficient (Wildman–Crippen LogP) is -0.279. The normalized spacial score (nSPS) is 14.0. The van der Waals surface area contributed by atoms with Crippen molar-refractivity contribution in [2.24, 2.45) is 0 Å². The molecular formula is C9H20N2O4S. The molecule has 0 bridgehead atoms. The fourth-order valence-corrected chi connectivity index (χ4v) is 2.03. The Balaban J connectivity index is 4.15. The van der Waals surface area contributed by atoms with Gasteiger partial charge in [-0.05, 0) is 20.0 Å². The Bertz CT molecular complexity index is 311. The van der Waals surface area contributed by atoms with Crippen LogP contribution < -0.4 is 4.72 Å². The summed E-state index contributed by atoms with van der Waals surface area (Å²) in [7, 11) is -3.75. The van der Waals surface area contributed by atoms with E-state index in [1.54, 1.807) is 0 Å². The third-order valence-corrected chi connectivity index (χ3v) is 4.18. The summed E-state index contributed by atoms with van der Waals surface area (Å²) in [6.07, 6.45) is 0. The number of carboxylic acid groups (broad SMARTS) is 1. The number of hydrogen-bond acceptors (Lipinski definition) is 4. The molecule has 0 saturated carbocycles. The second-order valence-corrected chi connectivity index (χ2v) is 5.53. The van der Waals surface area contributed by atoms with Gasteiger partial charge in [0.05, 0.1) is 0 Å². The lowest BCUT2D eigenvalue weighted by molar-refractivity contribution is -0.136. The lowest BCUT2D eigenvalue weighted by atomic mass is 10.5. The molecule has 0 rings (SSSR count). The maximum absolute atomic E-state index is 11.4. The van der Waals surface area contributed by atoms with Crippen LogP contribution in [0.1, 0.15) is 20.8 Å². The molecule has 0 aromatic rings. The van der Waals surface area contributed by atoms with Crippen molar-refractivity contribution in [1.82, 2.24) is 9.62 Å². The van der Waals surface area contributed by atoms with Gasteiger partial charge in [0.25, 0.3) is 0 Å². The number of hydrogen-bond donors (Lipinski definition) is 2. The van der Waals surface area contributed by atoms with Gasteiger partial charge in [-0.3, -0.25) is 4.79 Å². The second kappa shape index (κ2) is 6.82. The zero-order valence-electron chi connectivity index (χ0n) is 9.93. The van der Waals surface area contributed by atoms with Gasteiger partial charge in [0.2, 0.25) is 10.0 Å². The maximum atomic E-state index is 11.4. The highest BCUT2D eigenvalue weighted by Crippen LogP contribution is 1.97. The smallest absolute Gasteiger partial charge is 0.323 e. The molecule has 0 spiro atoms. The van der Waals surface area contributed by atoms with Crippen molar-refractivity contribution in [2.45, 2.75) is 26.0 Å². The minimum absolute atomic E-state index is 0.238. The average Bonchev–Trinajstić information content (AvgIpc) is 2.23. The van der Waals surface area contributed by atoms with E-state index < -0.39 is 21.2 Å². The quantitative estimate of drug-likeness (QED) is 0.620. The number of nitrogens with zero attached hydrogens (tertiary/aromatic N) is 1. The lowest BCUT2D eigenvalue weighted by Crippen LogP contribution is -2.41. The Labute approximate surface area is 96.7 Å². The SMILES string of the molecule is CCN(CC)CCNS(=O)(=O)C(C)C(=O)O. The van der Waals surface area contributed by atoms with Crippen LogP contribution in [0.15, 0.2) is 0 Å². The number of aliphatic carboxylic acids is 1. The van der Waals surface area contributed by atoms with Gasteiger partial charge in [-0.1, -0.05) is 13.8 Å². The molecule has 7 heteroatoms. The molecule has 6 nitrogen and oxygen atoms in total. The van der Waals surface area contributed by atoms with E-state index in [2.05, 4.69) is 4.72 Å². The molecule has 0 saturated heterocycles. The van der Waals surface area contributed by atoms with Crippen LogP contribution in [-0.2, 0) is 14.8 Å². The van der Waals surface area contributed by atoms with E-state index in [1.807, 2.05) is 18.7 Å². The van der Waals surface area contributed by atoms with Gasteiger partial charge < -0.3 is 10.0 Å². The van der Waals surface area contributed by atoms with E-state index in [0.717, 1.165) is 20.0 Å². The van der Waals surface area contributed by atoms with Gasteiger partial charge in [0.1, 0.15) is 0 Å². The summed E-state index contributed by atoms with van der Waals surface area (Å²) in [6.45, 7) is 7.62. The summed E-state index contributed by atoms with van der Waals surface area (Å²) in [5.41, 5.74) is 0. The van der Waals surface area contributed by atoms with Gasteiger partial charge in [-0.2, -0.15) is 0 Å². The molecule has 0 fully saturated rings. The standard InChI is InChI=1S/C9H20N2O4S/c1-4-11(5-2)7-6-10-16(14,15)8(3)9(12)13/h8,10H,4-7H2,1-3H3,(H,12,13). The highest BCUT2D eigenvalue weighted by molar-refractivity contribution is 7.90. The third kappa shape index (κ3) is 4.91. The number of sulfonamides is 1. The minimum atomic E-state index is -3.75. The molecule has 0 heterocycles. The minimum Gasteiger partial charge on any atom is -0.480 e. The van der Waals surface area contributed by atoms with Crippen LogP contribution in [0.3, 0.4) is 0 Å². The Kier molecular flexibility index (Phi) is 6.54. The van der Waals surface area contributed by atoms with Crippen LogP contribution in [0.2, 0.25) is 0 Å². The van der Waals surface area contributed by atoms with E-state index >= 15 is 0 Å². The number of carbonyl (C=O) groups is 1. The average molecular weight is 252 g/mol. The topological polar surface area (TPSA) is 86.7 Å². The lowest BCUT2D eigenvalue weighted by Gasteiger charge is -2.18. The van der Waals surface area contributed by atoms with Crippen LogP contribution in [0.5, 0.6) is 0 Å². The molecule has 1 atom stereocenters. The van der Waals surface area contributed by atoms with Gasteiger partial charge in [0.15, 0.2) is 5.25 Å². The molecule has 0 radical (unpaired) electrons. The van der Waals surface area contributed by atoms with Crippen LogP contribution in [0.25, 0.3) is 0 Å². The Hall–Kier alpha value is -0.660. The fourth-order valence-electron chi connectivity index (χ4n) is 1.14. The van der Waals surface area contributed by atoms with Crippen molar-refractivity contribution in [2.75, 3.05) is 26.2 Å². The molecule has 16 heavy (non-hydrogen) atoms. The highest BCUT2D eigenvalue weighted by atomic mass is 32.2. The van der Waals surface area contributed by atoms with Gasteiger partial charge in [0, 0.05) is 13.1 Å². The summed E-state index contributed by atoms with van der Waals surface area (Å²) in [4.78, 5) is 12.6. The third-order valence-electron chi connectivity index (χ3n) is 2.44. The Morgan fingerprint density at radius 1 is 1.38 bits per heavy atom. The van der Waals surface area contributed by atoms with Crippen molar-refractivity contribution < 1.29 is 18.3 Å². The number of likely N-dealkylation sites (N-methyl/N-ethyl adjacent to an activating group) is 1. The molecule has 0 aliphatic rings. The van der Waals surface area contributed by atoms with E-state index in [-0.39, 0.29) is 6.54 Å². The molecule has 1 unspecified atom stereocenters. The molecule has 96 valence electrons. The van der Waals surface area contributed by atoms with Crippen LogP contribution >= 0.6 is 0 Å².